The molecule has 106 valence electrons. The van der Waals surface area contributed by atoms with E-state index in [9.17, 15) is 4.79 Å². The third-order valence-corrected chi connectivity index (χ3v) is 4.57. The predicted molar refractivity (Wildman–Crippen MR) is 79.8 cm³/mol. The Kier molecular flexibility index (Phi) is 2.70. The highest BCUT2D eigenvalue weighted by atomic mass is 16.4. The topological polar surface area (TPSA) is 62.2 Å². The molecule has 2 heterocycles. The number of fused-ring (bicyclic) bond motifs is 3. The number of carbonyl (C=O) groups is 1. The molecule has 2 atom stereocenters. The molecular formula is C17H16N2O2. The molecule has 0 bridgehead atoms. The van der Waals surface area contributed by atoms with E-state index < -0.39 is 5.97 Å². The van der Waals surface area contributed by atoms with Crippen LogP contribution in [0.15, 0.2) is 36.2 Å². The van der Waals surface area contributed by atoms with Gasteiger partial charge in [0.05, 0.1) is 10.9 Å². The molecule has 4 heteroatoms. The maximum atomic E-state index is 11.1. The van der Waals surface area contributed by atoms with Crippen molar-refractivity contribution in [3.8, 4) is 0 Å². The minimum absolute atomic E-state index is 0.234. The van der Waals surface area contributed by atoms with E-state index in [1.54, 1.807) is 6.07 Å². The van der Waals surface area contributed by atoms with Crippen LogP contribution < -0.4 is 15.9 Å². The van der Waals surface area contributed by atoms with Gasteiger partial charge in [0.15, 0.2) is 0 Å². The van der Waals surface area contributed by atoms with E-state index in [1.165, 1.54) is 23.9 Å². The maximum Gasteiger partial charge on any atom is 0.337 e. The first-order chi connectivity index (χ1) is 10.2. The van der Waals surface area contributed by atoms with Gasteiger partial charge < -0.3 is 10.4 Å². The summed E-state index contributed by atoms with van der Waals surface area (Å²) in [7, 11) is 0. The summed E-state index contributed by atoms with van der Waals surface area (Å²) in [6.45, 7) is 1.05. The maximum absolute atomic E-state index is 11.1. The van der Waals surface area contributed by atoms with Gasteiger partial charge in [-0.3, -0.25) is 4.98 Å². The first kappa shape index (κ1) is 12.4. The van der Waals surface area contributed by atoms with E-state index >= 15 is 0 Å². The van der Waals surface area contributed by atoms with Crippen molar-refractivity contribution >= 4 is 17.6 Å². The van der Waals surface area contributed by atoms with Crippen LogP contribution in [0.25, 0.3) is 11.6 Å². The van der Waals surface area contributed by atoms with Crippen molar-refractivity contribution in [2.75, 3.05) is 6.54 Å². The molecule has 2 aliphatic carbocycles. The first-order valence-corrected chi connectivity index (χ1v) is 7.30. The van der Waals surface area contributed by atoms with Gasteiger partial charge in [0.25, 0.3) is 0 Å². The summed E-state index contributed by atoms with van der Waals surface area (Å²) in [6.07, 6.45) is 12.2. The van der Waals surface area contributed by atoms with E-state index in [1.807, 2.05) is 12.2 Å². The Labute approximate surface area is 122 Å². The largest absolute Gasteiger partial charge is 0.478 e. The lowest BCUT2D eigenvalue weighted by atomic mass is 9.81. The van der Waals surface area contributed by atoms with Crippen LogP contribution in [0.1, 0.15) is 23.2 Å². The Morgan fingerprint density at radius 3 is 3.19 bits per heavy atom. The fourth-order valence-electron chi connectivity index (χ4n) is 3.50. The number of rotatable bonds is 1. The molecule has 1 aromatic rings. The summed E-state index contributed by atoms with van der Waals surface area (Å²) in [5.74, 6) is 0.0653. The quantitative estimate of drug-likeness (QED) is 0.798. The summed E-state index contributed by atoms with van der Waals surface area (Å²) in [5, 5.41) is 14.4. The normalized spacial score (nSPS) is 25.7. The van der Waals surface area contributed by atoms with E-state index in [0.717, 1.165) is 23.5 Å². The molecule has 2 N–H and O–H groups in total. The van der Waals surface area contributed by atoms with Crippen molar-refractivity contribution in [3.63, 3.8) is 0 Å². The van der Waals surface area contributed by atoms with Crippen molar-refractivity contribution in [2.45, 2.75) is 12.8 Å². The predicted octanol–water partition coefficient (Wildman–Crippen LogP) is 0.794. The molecule has 4 nitrogen and oxygen atoms in total. The number of aromatic carboxylic acids is 1. The van der Waals surface area contributed by atoms with Gasteiger partial charge in [-0.25, -0.2) is 4.79 Å². The lowest BCUT2D eigenvalue weighted by molar-refractivity contribution is 0.0696. The van der Waals surface area contributed by atoms with Crippen LogP contribution in [0.3, 0.4) is 0 Å². The molecule has 0 spiro atoms. The van der Waals surface area contributed by atoms with Crippen molar-refractivity contribution < 1.29 is 9.90 Å². The van der Waals surface area contributed by atoms with E-state index in [2.05, 4.69) is 22.5 Å². The number of nitrogens with one attached hydrogen (secondary N) is 1. The number of pyridine rings is 1. The van der Waals surface area contributed by atoms with E-state index in [-0.39, 0.29) is 5.56 Å². The standard InChI is InChI=1S/C17H16N2O2/c20-17(21)13-7-12-3-1-2-10-6-11-4-5-18-15(11)8-14(10)16(12)19-9-13/h1-3,7-11,18H,4-6H2,(H,20,21). The van der Waals surface area contributed by atoms with Crippen molar-refractivity contribution in [1.82, 2.24) is 10.3 Å². The molecule has 1 fully saturated rings. The Balaban J connectivity index is 1.97. The van der Waals surface area contributed by atoms with Crippen LogP contribution in [-0.2, 0) is 0 Å². The highest BCUT2D eigenvalue weighted by molar-refractivity contribution is 5.87. The van der Waals surface area contributed by atoms with Gasteiger partial charge in [-0.15, -0.1) is 0 Å². The first-order valence-electron chi connectivity index (χ1n) is 7.30. The van der Waals surface area contributed by atoms with Crippen LogP contribution >= 0.6 is 0 Å². The Morgan fingerprint density at radius 2 is 2.33 bits per heavy atom. The van der Waals surface area contributed by atoms with Crippen LogP contribution in [-0.4, -0.2) is 22.6 Å². The zero-order chi connectivity index (χ0) is 14.4. The molecule has 4 rings (SSSR count). The minimum atomic E-state index is -0.937. The summed E-state index contributed by atoms with van der Waals surface area (Å²) in [6, 6.07) is 1.71. The second kappa shape index (κ2) is 4.58. The third kappa shape index (κ3) is 1.98. The minimum Gasteiger partial charge on any atom is -0.478 e. The summed E-state index contributed by atoms with van der Waals surface area (Å²) in [4.78, 5) is 15.5. The van der Waals surface area contributed by atoms with Crippen LogP contribution in [0.2, 0.25) is 0 Å². The smallest absolute Gasteiger partial charge is 0.337 e. The second-order valence-electron chi connectivity index (χ2n) is 5.83. The number of nitrogens with zero attached hydrogens (tertiary/aromatic N) is 1. The van der Waals surface area contributed by atoms with Gasteiger partial charge in [-0.1, -0.05) is 18.2 Å². The SMILES string of the molecule is O=C(O)c1cnc2c(c1)=CC=CC1CC3CCNC3=CC=21. The molecule has 2 unspecified atom stereocenters. The number of carboxylic acid groups (broad SMARTS) is 1. The van der Waals surface area contributed by atoms with Crippen molar-refractivity contribution in [1.29, 1.82) is 0 Å². The molecule has 3 aliphatic rings. The van der Waals surface area contributed by atoms with E-state index in [4.69, 9.17) is 5.11 Å². The van der Waals surface area contributed by atoms with Gasteiger partial charge in [0.1, 0.15) is 0 Å². The average Bonchev–Trinajstić information content (AvgIpc) is 2.85. The van der Waals surface area contributed by atoms with Crippen LogP contribution in [0.5, 0.6) is 0 Å². The number of hydrogen-bond donors (Lipinski definition) is 2. The molecule has 0 amide bonds. The Bertz CT molecular complexity index is 805. The number of hydrogen-bond acceptors (Lipinski definition) is 3. The average molecular weight is 280 g/mol. The third-order valence-electron chi connectivity index (χ3n) is 4.57. The van der Waals surface area contributed by atoms with Crippen LogP contribution in [0.4, 0.5) is 0 Å². The summed E-state index contributed by atoms with van der Waals surface area (Å²) < 4.78 is 0. The molecule has 0 saturated carbocycles. The second-order valence-corrected chi connectivity index (χ2v) is 5.83. The Hall–Kier alpha value is -2.36. The zero-order valence-corrected chi connectivity index (χ0v) is 11.5. The lowest BCUT2D eigenvalue weighted by Gasteiger charge is -2.25. The highest BCUT2D eigenvalue weighted by Crippen LogP contribution is 2.37. The molecule has 1 aliphatic heterocycles. The highest BCUT2D eigenvalue weighted by Gasteiger charge is 2.30. The van der Waals surface area contributed by atoms with E-state index in [0.29, 0.717) is 11.8 Å². The molecule has 0 aromatic carbocycles. The molecule has 1 saturated heterocycles. The van der Waals surface area contributed by atoms with Crippen molar-refractivity contribution in [3.05, 3.63) is 52.3 Å². The molecule has 21 heavy (non-hydrogen) atoms. The number of allylic oxidation sites excluding steroid dienone is 4. The number of aromatic nitrogens is 1. The molecule has 0 radical (unpaired) electrons. The fraction of sp³-hybridized carbons (Fsp3) is 0.294. The number of carboxylic acids is 1. The van der Waals surface area contributed by atoms with Gasteiger partial charge in [-0.2, -0.15) is 0 Å². The van der Waals surface area contributed by atoms with Crippen LogP contribution in [0, 0.1) is 11.8 Å². The molecule has 1 aromatic heterocycles. The Morgan fingerprint density at radius 1 is 1.43 bits per heavy atom. The summed E-state index contributed by atoms with van der Waals surface area (Å²) in [5.41, 5.74) is 2.75. The zero-order valence-electron chi connectivity index (χ0n) is 11.5. The monoisotopic (exact) mass is 280 g/mol. The molecular weight excluding hydrogens is 264 g/mol. The fourth-order valence-corrected chi connectivity index (χ4v) is 3.50. The van der Waals surface area contributed by atoms with Gasteiger partial charge in [0.2, 0.25) is 0 Å². The van der Waals surface area contributed by atoms with Gasteiger partial charge in [-0.05, 0) is 30.6 Å². The lowest BCUT2D eigenvalue weighted by Crippen LogP contribution is -2.33. The van der Waals surface area contributed by atoms with Gasteiger partial charge in [0, 0.05) is 35.5 Å². The van der Waals surface area contributed by atoms with Gasteiger partial charge >= 0.3 is 5.97 Å². The van der Waals surface area contributed by atoms with Crippen molar-refractivity contribution in [2.24, 2.45) is 11.8 Å². The summed E-state index contributed by atoms with van der Waals surface area (Å²) >= 11 is 0.